The monoisotopic (exact) mass is 707 g/mol. The summed E-state index contributed by atoms with van der Waals surface area (Å²) in [5.74, 6) is -0.767. The lowest BCUT2D eigenvalue weighted by Gasteiger charge is -2.50. The quantitative estimate of drug-likeness (QED) is 0.0947. The van der Waals surface area contributed by atoms with Gasteiger partial charge in [-0.1, -0.05) is 0 Å². The normalized spacial score (nSPS) is 50.2. The van der Waals surface area contributed by atoms with Crippen molar-refractivity contribution in [3.8, 4) is 0 Å². The molecule has 20 atom stereocenters. The summed E-state index contributed by atoms with van der Waals surface area (Å²) in [6.45, 7) is -2.39. The van der Waals surface area contributed by atoms with E-state index in [0.29, 0.717) is 0 Å². The van der Waals surface area contributed by atoms with Crippen molar-refractivity contribution in [3.05, 3.63) is 0 Å². The molecule has 14 N–H and O–H groups in total. The van der Waals surface area contributed by atoms with Crippen molar-refractivity contribution >= 4 is 5.91 Å². The molecule has 0 aromatic carbocycles. The van der Waals surface area contributed by atoms with E-state index in [9.17, 15) is 71.2 Å². The Morgan fingerprint density at radius 2 is 0.896 bits per heavy atom. The van der Waals surface area contributed by atoms with Gasteiger partial charge in [-0.15, -0.1) is 0 Å². The third-order valence-corrected chi connectivity index (χ3v) is 8.61. The molecule has 1 amide bonds. The van der Waals surface area contributed by atoms with E-state index in [-0.39, 0.29) is 0 Å². The van der Waals surface area contributed by atoms with E-state index in [0.717, 1.165) is 6.92 Å². The number of carbonyl (C=O) groups excluding carboxylic acids is 1. The molecule has 0 bridgehead atoms. The van der Waals surface area contributed by atoms with Crippen LogP contribution in [0.15, 0.2) is 0 Å². The summed E-state index contributed by atoms with van der Waals surface area (Å²) >= 11 is 0. The van der Waals surface area contributed by atoms with Crippen LogP contribution in [0.2, 0.25) is 0 Å². The van der Waals surface area contributed by atoms with Crippen LogP contribution in [0.25, 0.3) is 0 Å². The van der Waals surface area contributed by atoms with Crippen molar-refractivity contribution in [3.63, 3.8) is 0 Å². The first-order valence-electron chi connectivity index (χ1n) is 15.1. The Bertz CT molecular complexity index is 1030. The highest BCUT2D eigenvalue weighted by atomic mass is 16.8. The summed E-state index contributed by atoms with van der Waals surface area (Å²) < 4.78 is 38.5. The number of carbonyl (C=O) groups is 1. The number of hydrogen-bond acceptors (Lipinski definition) is 21. The molecule has 22 nitrogen and oxygen atoms in total. The SMILES string of the molecule is CC(=O)N[C@H]1[C@H](O[C@H]2[C@@H](O)[C@@H](CO)O[C@@H](O[C@@H]3[C@@H](O)[C@H](O)O[C@H](CO)[C@H]3O)[C@@H]2O)O[C@H](CO)[C@@H](O)[C@@H]1O[C@@H]1O[C@H](CO)[C@H](O)[C@H](O)[C@H]1O. The summed E-state index contributed by atoms with van der Waals surface area (Å²) in [5, 5.41) is 136. The van der Waals surface area contributed by atoms with Crippen molar-refractivity contribution in [1.82, 2.24) is 5.32 Å². The van der Waals surface area contributed by atoms with Crippen LogP contribution in [0.1, 0.15) is 6.92 Å². The summed E-state index contributed by atoms with van der Waals surface area (Å²) in [7, 11) is 0. The summed E-state index contributed by atoms with van der Waals surface area (Å²) in [6, 6.07) is -1.61. The first-order chi connectivity index (χ1) is 22.7. The molecule has 4 aliphatic heterocycles. The van der Waals surface area contributed by atoms with Gasteiger partial charge in [0.25, 0.3) is 0 Å². The Kier molecular flexibility index (Phi) is 13.8. The second-order valence-corrected chi connectivity index (χ2v) is 11.9. The highest BCUT2D eigenvalue weighted by Crippen LogP contribution is 2.34. The summed E-state index contributed by atoms with van der Waals surface area (Å²) in [6.07, 6.45) is -33.9. The van der Waals surface area contributed by atoms with Gasteiger partial charge < -0.3 is 105 Å². The van der Waals surface area contributed by atoms with Crippen LogP contribution in [0.4, 0.5) is 0 Å². The van der Waals surface area contributed by atoms with Gasteiger partial charge in [-0.05, 0) is 0 Å². The average Bonchev–Trinajstić information content (AvgIpc) is 3.06. The van der Waals surface area contributed by atoms with Gasteiger partial charge >= 0.3 is 0 Å². The standard InChI is InChI=1S/C26H45NO21/c1-6(32)27-11-20(46-25-17(38)16(37)12(33)7(2-28)44-25)13(34)9(4-30)43-24(11)47-22-15(36)10(5-31)45-26(19(22)40)48-21-14(35)8(3-29)42-23(41)18(21)39/h7-26,28-31,33-41H,2-5H2,1H3,(H,27,32)/t7-,8-,9-,10-,11-,12+,13-,14-,15+,16+,17-,18-,19-,20-,21+,22+,23-,24+,25+,26+/m1/s1. The van der Waals surface area contributed by atoms with Gasteiger partial charge in [-0.2, -0.15) is 0 Å². The van der Waals surface area contributed by atoms with Crippen LogP contribution in [-0.4, -0.2) is 221 Å². The molecule has 0 aliphatic carbocycles. The smallest absolute Gasteiger partial charge is 0.217 e. The zero-order valence-electron chi connectivity index (χ0n) is 25.5. The highest BCUT2D eigenvalue weighted by Gasteiger charge is 2.55. The molecule has 0 saturated carbocycles. The Hall–Kier alpha value is -1.33. The van der Waals surface area contributed by atoms with Crippen LogP contribution in [-0.2, 0) is 38.0 Å². The number of ether oxygens (including phenoxy) is 7. The van der Waals surface area contributed by atoms with Crippen molar-refractivity contribution in [2.24, 2.45) is 0 Å². The molecule has 0 aromatic heterocycles. The number of hydrogen-bond donors (Lipinski definition) is 14. The maximum atomic E-state index is 12.3. The molecule has 0 radical (unpaired) electrons. The third kappa shape index (κ3) is 8.08. The largest absolute Gasteiger partial charge is 0.394 e. The zero-order valence-corrected chi connectivity index (χ0v) is 25.5. The number of nitrogens with one attached hydrogen (secondary N) is 1. The van der Waals surface area contributed by atoms with Gasteiger partial charge in [-0.25, -0.2) is 0 Å². The molecule has 4 fully saturated rings. The molecule has 4 rings (SSSR count). The lowest BCUT2D eigenvalue weighted by molar-refractivity contribution is -0.379. The van der Waals surface area contributed by atoms with E-state index in [1.807, 2.05) is 0 Å². The van der Waals surface area contributed by atoms with E-state index in [1.54, 1.807) is 0 Å². The molecule has 4 aliphatic rings. The lowest BCUT2D eigenvalue weighted by Crippen LogP contribution is -2.70. The molecule has 4 heterocycles. The fourth-order valence-corrected chi connectivity index (χ4v) is 5.93. The molecule has 48 heavy (non-hydrogen) atoms. The van der Waals surface area contributed by atoms with Crippen LogP contribution in [0.3, 0.4) is 0 Å². The number of amides is 1. The van der Waals surface area contributed by atoms with E-state index < -0.39 is 155 Å². The van der Waals surface area contributed by atoms with Gasteiger partial charge in [0.15, 0.2) is 25.2 Å². The molecular weight excluding hydrogens is 662 g/mol. The number of aliphatic hydroxyl groups is 13. The Labute approximate surface area is 272 Å². The predicted molar refractivity (Wildman–Crippen MR) is 145 cm³/mol. The van der Waals surface area contributed by atoms with Crippen molar-refractivity contribution in [2.75, 3.05) is 26.4 Å². The van der Waals surface area contributed by atoms with Crippen LogP contribution < -0.4 is 5.32 Å². The first-order valence-corrected chi connectivity index (χ1v) is 15.1. The maximum absolute atomic E-state index is 12.3. The summed E-state index contributed by atoms with van der Waals surface area (Å²) in [4.78, 5) is 12.3. The molecule has 4 saturated heterocycles. The van der Waals surface area contributed by atoms with E-state index in [1.165, 1.54) is 0 Å². The van der Waals surface area contributed by atoms with E-state index in [2.05, 4.69) is 5.32 Å². The van der Waals surface area contributed by atoms with E-state index >= 15 is 0 Å². The van der Waals surface area contributed by atoms with Crippen molar-refractivity contribution in [1.29, 1.82) is 0 Å². The molecule has 280 valence electrons. The van der Waals surface area contributed by atoms with Crippen molar-refractivity contribution < 1.29 is 104 Å². The fourth-order valence-electron chi connectivity index (χ4n) is 5.93. The predicted octanol–water partition coefficient (Wildman–Crippen LogP) is -9.61. The molecule has 0 aromatic rings. The van der Waals surface area contributed by atoms with Gasteiger partial charge in [0.05, 0.1) is 26.4 Å². The minimum atomic E-state index is -2.06. The highest BCUT2D eigenvalue weighted by molar-refractivity contribution is 5.73. The second-order valence-electron chi connectivity index (χ2n) is 11.9. The van der Waals surface area contributed by atoms with Gasteiger partial charge in [-0.3, -0.25) is 4.79 Å². The molecule has 22 heteroatoms. The second kappa shape index (κ2) is 16.8. The fraction of sp³-hybridized carbons (Fsp3) is 0.962. The number of aliphatic hydroxyl groups excluding tert-OH is 13. The average molecular weight is 708 g/mol. The first kappa shape index (κ1) is 39.5. The summed E-state index contributed by atoms with van der Waals surface area (Å²) in [5.41, 5.74) is 0. The van der Waals surface area contributed by atoms with E-state index in [4.69, 9.17) is 33.2 Å². The number of rotatable bonds is 11. The molecular formula is C26H45NO21. The van der Waals surface area contributed by atoms with Crippen LogP contribution in [0.5, 0.6) is 0 Å². The maximum Gasteiger partial charge on any atom is 0.217 e. The van der Waals surface area contributed by atoms with Gasteiger partial charge in [0.2, 0.25) is 5.91 Å². The minimum Gasteiger partial charge on any atom is -0.394 e. The van der Waals surface area contributed by atoms with Gasteiger partial charge in [0.1, 0.15) is 97.6 Å². The molecule has 0 spiro atoms. The van der Waals surface area contributed by atoms with Crippen molar-refractivity contribution in [2.45, 2.75) is 130 Å². The van der Waals surface area contributed by atoms with Gasteiger partial charge in [0, 0.05) is 6.92 Å². The lowest BCUT2D eigenvalue weighted by atomic mass is 9.94. The Morgan fingerprint density at radius 1 is 0.500 bits per heavy atom. The topological polar surface area (TPSA) is 357 Å². The van der Waals surface area contributed by atoms with Crippen LogP contribution in [0, 0.1) is 0 Å². The third-order valence-electron chi connectivity index (χ3n) is 8.61. The minimum absolute atomic E-state index is 0.767. The zero-order chi connectivity index (χ0) is 35.6. The Balaban J connectivity index is 1.61. The molecule has 0 unspecified atom stereocenters. The van der Waals surface area contributed by atoms with Crippen LogP contribution >= 0.6 is 0 Å². The Morgan fingerprint density at radius 3 is 1.42 bits per heavy atom.